The molecule has 0 aliphatic carbocycles. The van der Waals surface area contributed by atoms with Gasteiger partial charge in [-0.3, -0.25) is 9.69 Å². The molecule has 1 amide bonds. The van der Waals surface area contributed by atoms with Crippen molar-refractivity contribution >= 4 is 35.8 Å². The predicted octanol–water partition coefficient (Wildman–Crippen LogP) is 3.93. The molecule has 1 aromatic carbocycles. The van der Waals surface area contributed by atoms with Crippen LogP contribution in [0.2, 0.25) is 0 Å². The monoisotopic (exact) mass is 553 g/mol. The Hall–Kier alpha value is -2.07. The van der Waals surface area contributed by atoms with E-state index in [1.165, 1.54) is 12.8 Å². The lowest BCUT2D eigenvalue weighted by atomic mass is 10.1. The lowest BCUT2D eigenvalue weighted by Gasteiger charge is -2.26. The molecule has 1 aromatic heterocycles. The molecule has 3 N–H and O–H groups in total. The van der Waals surface area contributed by atoms with Gasteiger partial charge >= 0.3 is 0 Å². The fourth-order valence-corrected chi connectivity index (χ4v) is 3.80. The average Bonchev–Trinajstić information content (AvgIpc) is 3.51. The summed E-state index contributed by atoms with van der Waals surface area (Å²) >= 11 is 0. The third kappa shape index (κ3) is 7.81. The Morgan fingerprint density at radius 2 is 1.94 bits per heavy atom. The number of rotatable bonds is 10. The highest BCUT2D eigenvalue weighted by Gasteiger charge is 2.25. The summed E-state index contributed by atoms with van der Waals surface area (Å²) in [7, 11) is 0. The Bertz CT molecular complexity index is 835. The van der Waals surface area contributed by atoms with Crippen molar-refractivity contribution in [2.75, 3.05) is 32.7 Å². The third-order valence-corrected chi connectivity index (χ3v) is 5.40. The van der Waals surface area contributed by atoms with E-state index < -0.39 is 0 Å². The Morgan fingerprint density at radius 1 is 1.12 bits per heavy atom. The summed E-state index contributed by atoms with van der Waals surface area (Å²) in [5, 5.41) is 9.72. The van der Waals surface area contributed by atoms with Gasteiger partial charge in [-0.1, -0.05) is 19.1 Å². The Balaban J connectivity index is 0.00000363. The van der Waals surface area contributed by atoms with Crippen molar-refractivity contribution in [1.82, 2.24) is 20.9 Å². The molecule has 0 saturated carbocycles. The van der Waals surface area contributed by atoms with Crippen molar-refractivity contribution in [3.63, 3.8) is 0 Å². The number of hydrogen-bond acceptors (Lipinski definition) is 4. The number of aliphatic imine (C=N–C) groups is 1. The lowest BCUT2D eigenvalue weighted by molar-refractivity contribution is 0.0953. The molecule has 176 valence electrons. The van der Waals surface area contributed by atoms with Gasteiger partial charge in [0.25, 0.3) is 5.91 Å². The van der Waals surface area contributed by atoms with Crippen LogP contribution < -0.4 is 16.0 Å². The Labute approximate surface area is 208 Å². The first kappa shape index (κ1) is 26.2. The fraction of sp³-hybridized carbons (Fsp3) is 0.500. The molecule has 1 fully saturated rings. The molecule has 1 atom stereocenters. The van der Waals surface area contributed by atoms with Crippen LogP contribution in [0.4, 0.5) is 0 Å². The van der Waals surface area contributed by atoms with Crippen molar-refractivity contribution in [1.29, 1.82) is 0 Å². The highest BCUT2D eigenvalue weighted by molar-refractivity contribution is 14.0. The van der Waals surface area contributed by atoms with Crippen LogP contribution in [0.25, 0.3) is 0 Å². The van der Waals surface area contributed by atoms with Crippen LogP contribution >= 0.6 is 24.0 Å². The molecule has 3 rings (SSSR count). The van der Waals surface area contributed by atoms with E-state index in [9.17, 15) is 4.79 Å². The normalized spacial score (nSPS) is 15.1. The van der Waals surface area contributed by atoms with Crippen molar-refractivity contribution in [3.8, 4) is 0 Å². The molecular weight excluding hydrogens is 517 g/mol. The van der Waals surface area contributed by atoms with Gasteiger partial charge in [0.15, 0.2) is 5.96 Å². The first-order valence-electron chi connectivity index (χ1n) is 11.4. The topological polar surface area (TPSA) is 81.9 Å². The van der Waals surface area contributed by atoms with Gasteiger partial charge in [0, 0.05) is 25.2 Å². The first-order valence-corrected chi connectivity index (χ1v) is 11.4. The summed E-state index contributed by atoms with van der Waals surface area (Å²) < 4.78 is 5.71. The minimum Gasteiger partial charge on any atom is -0.468 e. The highest BCUT2D eigenvalue weighted by Crippen LogP contribution is 2.24. The number of furan rings is 1. The van der Waals surface area contributed by atoms with Gasteiger partial charge in [0.1, 0.15) is 5.76 Å². The van der Waals surface area contributed by atoms with E-state index in [1.54, 1.807) is 6.26 Å². The summed E-state index contributed by atoms with van der Waals surface area (Å²) in [6.45, 7) is 8.96. The maximum atomic E-state index is 12.2. The van der Waals surface area contributed by atoms with Crippen LogP contribution in [-0.4, -0.2) is 49.5 Å². The molecule has 7 nitrogen and oxygen atoms in total. The van der Waals surface area contributed by atoms with E-state index in [2.05, 4.69) is 27.8 Å². The van der Waals surface area contributed by atoms with Gasteiger partial charge in [-0.15, -0.1) is 24.0 Å². The largest absolute Gasteiger partial charge is 0.468 e. The molecule has 32 heavy (non-hydrogen) atoms. The van der Waals surface area contributed by atoms with E-state index >= 15 is 0 Å². The number of halogens is 1. The minimum absolute atomic E-state index is 0. The second kappa shape index (κ2) is 14.2. The van der Waals surface area contributed by atoms with E-state index in [0.717, 1.165) is 49.9 Å². The second-order valence-electron chi connectivity index (χ2n) is 7.81. The number of hydrogen-bond donors (Lipinski definition) is 3. The van der Waals surface area contributed by atoms with Gasteiger partial charge in [0.05, 0.1) is 18.8 Å². The number of nitrogens with one attached hydrogen (secondary N) is 3. The fourth-order valence-electron chi connectivity index (χ4n) is 3.80. The van der Waals surface area contributed by atoms with Gasteiger partial charge in [-0.25, -0.2) is 4.99 Å². The lowest BCUT2D eigenvalue weighted by Crippen LogP contribution is -2.42. The van der Waals surface area contributed by atoms with Gasteiger partial charge in [0.2, 0.25) is 0 Å². The number of carbonyl (C=O) groups excluding carboxylic acids is 1. The molecular formula is C24H36IN5O2. The standard InChI is InChI=1S/C24H35N5O2.HI/c1-3-12-26-23(30)20-10-7-9-19(16-20)17-27-24(25-4-2)28-18-21(22-11-8-15-31-22)29-13-5-6-14-29;/h7-11,15-16,21H,3-6,12-14,17-18H2,1-2H3,(H,26,30)(H2,25,27,28);1H. The summed E-state index contributed by atoms with van der Waals surface area (Å²) in [6, 6.07) is 11.8. The van der Waals surface area contributed by atoms with Crippen molar-refractivity contribution in [3.05, 3.63) is 59.5 Å². The highest BCUT2D eigenvalue weighted by atomic mass is 127. The molecule has 0 radical (unpaired) electrons. The molecule has 1 aliphatic rings. The number of carbonyl (C=O) groups is 1. The first-order chi connectivity index (χ1) is 15.2. The summed E-state index contributed by atoms with van der Waals surface area (Å²) in [5.41, 5.74) is 1.68. The molecule has 0 bridgehead atoms. The zero-order valence-corrected chi connectivity index (χ0v) is 21.4. The Morgan fingerprint density at radius 3 is 2.62 bits per heavy atom. The molecule has 1 unspecified atom stereocenters. The number of likely N-dealkylation sites (tertiary alicyclic amines) is 1. The average molecular weight is 553 g/mol. The number of nitrogens with zero attached hydrogens (tertiary/aromatic N) is 2. The van der Waals surface area contributed by atoms with Crippen LogP contribution in [0.15, 0.2) is 52.1 Å². The summed E-state index contributed by atoms with van der Waals surface area (Å²) in [4.78, 5) is 19.4. The quantitative estimate of drug-likeness (QED) is 0.236. The second-order valence-corrected chi connectivity index (χ2v) is 7.81. The summed E-state index contributed by atoms with van der Waals surface area (Å²) in [5.74, 6) is 1.71. The van der Waals surface area contributed by atoms with Gasteiger partial charge in [-0.2, -0.15) is 0 Å². The summed E-state index contributed by atoms with van der Waals surface area (Å²) in [6.07, 6.45) is 5.12. The van der Waals surface area contributed by atoms with Crippen molar-refractivity contribution in [2.24, 2.45) is 4.99 Å². The Kier molecular flexibility index (Phi) is 11.6. The van der Waals surface area contributed by atoms with Crippen LogP contribution in [-0.2, 0) is 6.54 Å². The zero-order valence-electron chi connectivity index (χ0n) is 19.1. The van der Waals surface area contributed by atoms with Crippen LogP contribution in [0.3, 0.4) is 0 Å². The maximum Gasteiger partial charge on any atom is 0.251 e. The molecule has 8 heteroatoms. The predicted molar refractivity (Wildman–Crippen MR) is 140 cm³/mol. The van der Waals surface area contributed by atoms with Crippen molar-refractivity contribution < 1.29 is 9.21 Å². The molecule has 0 spiro atoms. The number of benzene rings is 1. The van der Waals surface area contributed by atoms with Crippen molar-refractivity contribution in [2.45, 2.75) is 45.7 Å². The minimum atomic E-state index is -0.0374. The zero-order chi connectivity index (χ0) is 21.9. The molecule has 2 heterocycles. The van der Waals surface area contributed by atoms with E-state index in [4.69, 9.17) is 9.41 Å². The molecule has 1 aliphatic heterocycles. The number of guanidine groups is 1. The van der Waals surface area contributed by atoms with Gasteiger partial charge in [-0.05, 0) is 69.1 Å². The van der Waals surface area contributed by atoms with Crippen LogP contribution in [0.1, 0.15) is 60.8 Å². The van der Waals surface area contributed by atoms with E-state index in [-0.39, 0.29) is 35.9 Å². The molecule has 2 aromatic rings. The van der Waals surface area contributed by atoms with E-state index in [0.29, 0.717) is 18.7 Å². The third-order valence-electron chi connectivity index (χ3n) is 5.40. The van der Waals surface area contributed by atoms with Gasteiger partial charge < -0.3 is 20.4 Å². The number of amides is 1. The van der Waals surface area contributed by atoms with E-state index in [1.807, 2.05) is 43.3 Å². The SMILES string of the molecule is CCCNC(=O)c1cccc(CN=C(NCC)NCC(c2ccco2)N2CCCC2)c1.I. The smallest absolute Gasteiger partial charge is 0.251 e. The van der Waals surface area contributed by atoms with Crippen LogP contribution in [0, 0.1) is 0 Å². The van der Waals surface area contributed by atoms with Crippen LogP contribution in [0.5, 0.6) is 0 Å². The maximum absolute atomic E-state index is 12.2. The molecule has 1 saturated heterocycles.